The van der Waals surface area contributed by atoms with Gasteiger partial charge in [0.2, 0.25) is 0 Å². The summed E-state index contributed by atoms with van der Waals surface area (Å²) in [5.74, 6) is 0.707. The van der Waals surface area contributed by atoms with E-state index in [-0.39, 0.29) is 5.97 Å². The Morgan fingerprint density at radius 1 is 1.10 bits per heavy atom. The fraction of sp³-hybridized carbons (Fsp3) is 0.200. The van der Waals surface area contributed by atoms with E-state index in [2.05, 4.69) is 23.6 Å². The molecule has 30 heavy (non-hydrogen) atoms. The summed E-state index contributed by atoms with van der Waals surface area (Å²) in [6.45, 7) is 4.87. The quantitative estimate of drug-likeness (QED) is 0.379. The number of carbonyl (C=O) groups is 1. The molecule has 5 heteroatoms. The molecule has 0 saturated carbocycles. The number of ether oxygens (including phenoxy) is 1. The molecule has 0 spiro atoms. The predicted molar refractivity (Wildman–Crippen MR) is 121 cm³/mol. The Labute approximate surface area is 176 Å². The van der Waals surface area contributed by atoms with E-state index in [0.717, 1.165) is 51.2 Å². The lowest BCUT2D eigenvalue weighted by Gasteiger charge is -2.11. The maximum absolute atomic E-state index is 12.1. The number of anilines is 1. The number of imidazole rings is 1. The Balaban J connectivity index is 1.70. The van der Waals surface area contributed by atoms with Crippen LogP contribution in [0.4, 0.5) is 5.69 Å². The van der Waals surface area contributed by atoms with Gasteiger partial charge in [-0.25, -0.2) is 9.78 Å². The van der Waals surface area contributed by atoms with Crippen LogP contribution in [-0.4, -0.2) is 22.6 Å². The number of carbonyl (C=O) groups excluding carboxylic acids is 1. The number of benzene rings is 3. The minimum atomic E-state index is -0.333. The van der Waals surface area contributed by atoms with Gasteiger partial charge in [-0.1, -0.05) is 49.4 Å². The van der Waals surface area contributed by atoms with E-state index in [9.17, 15) is 4.79 Å². The highest BCUT2D eigenvalue weighted by molar-refractivity contribution is 5.97. The van der Waals surface area contributed by atoms with Crippen LogP contribution in [0.25, 0.3) is 22.2 Å². The molecule has 4 aromatic rings. The number of nitrogen functional groups attached to an aromatic ring is 1. The predicted octanol–water partition coefficient (Wildman–Crippen LogP) is 4.99. The van der Waals surface area contributed by atoms with Crippen LogP contribution >= 0.6 is 0 Å². The van der Waals surface area contributed by atoms with Gasteiger partial charge in [0, 0.05) is 18.7 Å². The molecule has 1 aromatic heterocycles. The van der Waals surface area contributed by atoms with Crippen molar-refractivity contribution < 1.29 is 9.53 Å². The zero-order valence-corrected chi connectivity index (χ0v) is 17.5. The number of aryl methyl sites for hydroxylation is 2. The van der Waals surface area contributed by atoms with Crippen LogP contribution in [0.3, 0.4) is 0 Å². The monoisotopic (exact) mass is 399 g/mol. The van der Waals surface area contributed by atoms with Crippen LogP contribution in [0.5, 0.6) is 0 Å². The summed E-state index contributed by atoms with van der Waals surface area (Å²) in [5.41, 5.74) is 13.6. The summed E-state index contributed by atoms with van der Waals surface area (Å²) >= 11 is 0. The average molecular weight is 399 g/mol. The van der Waals surface area contributed by atoms with Crippen molar-refractivity contribution in [1.82, 2.24) is 9.55 Å². The number of fused-ring (bicyclic) bond motifs is 1. The van der Waals surface area contributed by atoms with Gasteiger partial charge in [0.15, 0.2) is 0 Å². The summed E-state index contributed by atoms with van der Waals surface area (Å²) in [4.78, 5) is 16.9. The molecule has 3 aromatic carbocycles. The number of hydrogen-bond donors (Lipinski definition) is 1. The summed E-state index contributed by atoms with van der Waals surface area (Å²) in [6, 6.07) is 19.7. The van der Waals surface area contributed by atoms with Gasteiger partial charge in [-0.3, -0.25) is 0 Å². The molecule has 0 radical (unpaired) electrons. The first-order chi connectivity index (χ1) is 14.5. The summed E-state index contributed by atoms with van der Waals surface area (Å²) in [5, 5.41) is 0. The molecule has 0 unspecified atom stereocenters. The molecular formula is C25H25N3O2. The highest BCUT2D eigenvalue weighted by atomic mass is 16.5. The first-order valence-corrected chi connectivity index (χ1v) is 10.0. The number of aromatic nitrogens is 2. The number of nitrogens with zero attached hydrogens (tertiary/aromatic N) is 2. The normalized spacial score (nSPS) is 11.0. The van der Waals surface area contributed by atoms with Crippen LogP contribution < -0.4 is 5.73 Å². The van der Waals surface area contributed by atoms with E-state index in [1.54, 1.807) is 6.07 Å². The van der Waals surface area contributed by atoms with Crippen LogP contribution in [0.2, 0.25) is 0 Å². The van der Waals surface area contributed by atoms with Crippen molar-refractivity contribution in [3.63, 3.8) is 0 Å². The SMILES string of the molecule is CCc1nc2c(C)cc(N)cc2n1Cc1ccc(-c2ccccc2C(=O)OC)cc1. The molecule has 0 aliphatic heterocycles. The van der Waals surface area contributed by atoms with E-state index in [4.69, 9.17) is 15.5 Å². The van der Waals surface area contributed by atoms with Gasteiger partial charge < -0.3 is 15.0 Å². The topological polar surface area (TPSA) is 70.1 Å². The molecule has 0 atom stereocenters. The number of esters is 1. The Hall–Kier alpha value is -3.60. The van der Waals surface area contributed by atoms with Gasteiger partial charge in [-0.15, -0.1) is 0 Å². The zero-order valence-electron chi connectivity index (χ0n) is 17.5. The lowest BCUT2D eigenvalue weighted by Crippen LogP contribution is -2.05. The van der Waals surface area contributed by atoms with Gasteiger partial charge in [0.25, 0.3) is 0 Å². The van der Waals surface area contributed by atoms with E-state index < -0.39 is 0 Å². The number of nitrogens with two attached hydrogens (primary N) is 1. The molecule has 0 aliphatic carbocycles. The Morgan fingerprint density at radius 2 is 1.83 bits per heavy atom. The number of rotatable bonds is 5. The maximum Gasteiger partial charge on any atom is 0.338 e. The molecule has 4 rings (SSSR count). The van der Waals surface area contributed by atoms with Crippen molar-refractivity contribution >= 4 is 22.7 Å². The molecule has 0 bridgehead atoms. The summed E-state index contributed by atoms with van der Waals surface area (Å²) in [7, 11) is 1.40. The van der Waals surface area contributed by atoms with E-state index in [0.29, 0.717) is 12.1 Å². The van der Waals surface area contributed by atoms with Gasteiger partial charge >= 0.3 is 5.97 Å². The standard InChI is InChI=1S/C25H25N3O2/c1-4-23-27-24-16(2)13-19(26)14-22(24)28(23)15-17-9-11-18(12-10-17)20-7-5-6-8-21(20)25(29)30-3/h5-14H,4,15,26H2,1-3H3. The van der Waals surface area contributed by atoms with Crippen LogP contribution in [0.1, 0.15) is 34.2 Å². The molecule has 0 saturated heterocycles. The highest BCUT2D eigenvalue weighted by Crippen LogP contribution is 2.27. The zero-order chi connectivity index (χ0) is 21.3. The fourth-order valence-electron chi connectivity index (χ4n) is 3.91. The first-order valence-electron chi connectivity index (χ1n) is 10.0. The molecule has 5 nitrogen and oxygen atoms in total. The van der Waals surface area contributed by atoms with Crippen molar-refractivity contribution in [2.75, 3.05) is 12.8 Å². The third-order valence-electron chi connectivity index (χ3n) is 5.40. The number of methoxy groups -OCH3 is 1. The minimum absolute atomic E-state index is 0.333. The van der Waals surface area contributed by atoms with Crippen molar-refractivity contribution in [3.8, 4) is 11.1 Å². The van der Waals surface area contributed by atoms with E-state index >= 15 is 0 Å². The molecular weight excluding hydrogens is 374 g/mol. The third-order valence-corrected chi connectivity index (χ3v) is 5.40. The van der Waals surface area contributed by atoms with E-state index in [1.165, 1.54) is 7.11 Å². The molecule has 0 aliphatic rings. The average Bonchev–Trinajstić information content (AvgIpc) is 3.11. The third kappa shape index (κ3) is 3.54. The second kappa shape index (κ2) is 8.03. The lowest BCUT2D eigenvalue weighted by atomic mass is 9.98. The molecule has 0 fully saturated rings. The van der Waals surface area contributed by atoms with Crippen LogP contribution in [-0.2, 0) is 17.7 Å². The Kier molecular flexibility index (Phi) is 5.27. The van der Waals surface area contributed by atoms with Crippen LogP contribution in [0.15, 0.2) is 60.7 Å². The molecule has 1 heterocycles. The van der Waals surface area contributed by atoms with Crippen molar-refractivity contribution in [1.29, 1.82) is 0 Å². The summed E-state index contributed by atoms with van der Waals surface area (Å²) in [6.07, 6.45) is 0.846. The second-order valence-corrected chi connectivity index (χ2v) is 7.41. The Bertz CT molecular complexity index is 1220. The Morgan fingerprint density at radius 3 is 2.53 bits per heavy atom. The molecule has 2 N–H and O–H groups in total. The number of hydrogen-bond acceptors (Lipinski definition) is 4. The van der Waals surface area contributed by atoms with Crippen molar-refractivity contribution in [2.24, 2.45) is 0 Å². The minimum Gasteiger partial charge on any atom is -0.465 e. The van der Waals surface area contributed by atoms with Gasteiger partial charge in [-0.05, 0) is 47.4 Å². The second-order valence-electron chi connectivity index (χ2n) is 7.41. The van der Waals surface area contributed by atoms with Crippen molar-refractivity contribution in [2.45, 2.75) is 26.8 Å². The molecule has 152 valence electrons. The first kappa shape index (κ1) is 19.7. The summed E-state index contributed by atoms with van der Waals surface area (Å²) < 4.78 is 7.15. The fourth-order valence-corrected chi connectivity index (χ4v) is 3.91. The smallest absolute Gasteiger partial charge is 0.338 e. The van der Waals surface area contributed by atoms with E-state index in [1.807, 2.05) is 49.4 Å². The largest absolute Gasteiger partial charge is 0.465 e. The van der Waals surface area contributed by atoms with Gasteiger partial charge in [-0.2, -0.15) is 0 Å². The van der Waals surface area contributed by atoms with Crippen LogP contribution in [0, 0.1) is 6.92 Å². The lowest BCUT2D eigenvalue weighted by molar-refractivity contribution is 0.0601. The highest BCUT2D eigenvalue weighted by Gasteiger charge is 2.14. The van der Waals surface area contributed by atoms with Crippen molar-refractivity contribution in [3.05, 3.63) is 83.2 Å². The van der Waals surface area contributed by atoms with Gasteiger partial charge in [0.05, 0.1) is 23.7 Å². The molecule has 0 amide bonds. The maximum atomic E-state index is 12.1. The van der Waals surface area contributed by atoms with Gasteiger partial charge in [0.1, 0.15) is 5.82 Å².